The second kappa shape index (κ2) is 9.76. The SMILES string of the molecule is CC(=O)N1C[C@H](c2nc(Nc3cccc(-c4cn(C)nn4)c3F)cc(-c3cnccn3)n2)CC[C@@H]1C. The third kappa shape index (κ3) is 4.77. The van der Waals surface area contributed by atoms with Gasteiger partial charge in [0.05, 0.1) is 23.8 Å². The normalized spacial score (nSPS) is 17.7. The molecule has 1 aliphatic rings. The summed E-state index contributed by atoms with van der Waals surface area (Å²) in [5.41, 5.74) is 2.15. The average molecular weight is 488 g/mol. The Hall–Kier alpha value is -4.28. The number of nitrogens with one attached hydrogen (secondary N) is 1. The van der Waals surface area contributed by atoms with E-state index in [-0.39, 0.29) is 23.6 Å². The molecule has 1 saturated heterocycles. The van der Waals surface area contributed by atoms with Gasteiger partial charge in [0.15, 0.2) is 5.82 Å². The third-order valence-electron chi connectivity index (χ3n) is 6.36. The molecule has 3 aromatic heterocycles. The monoisotopic (exact) mass is 487 g/mol. The van der Waals surface area contributed by atoms with E-state index in [1.54, 1.807) is 63.0 Å². The van der Waals surface area contributed by atoms with Crippen LogP contribution in [0, 0.1) is 5.82 Å². The van der Waals surface area contributed by atoms with Gasteiger partial charge in [-0.25, -0.2) is 14.4 Å². The molecule has 0 saturated carbocycles. The van der Waals surface area contributed by atoms with Crippen molar-refractivity contribution in [2.45, 2.75) is 38.6 Å². The molecule has 1 aromatic carbocycles. The van der Waals surface area contributed by atoms with Gasteiger partial charge >= 0.3 is 0 Å². The summed E-state index contributed by atoms with van der Waals surface area (Å²) in [5, 5.41) is 11.0. The van der Waals surface area contributed by atoms with Gasteiger partial charge in [-0.15, -0.1) is 5.10 Å². The number of hydrogen-bond acceptors (Lipinski definition) is 8. The largest absolute Gasteiger partial charge is 0.340 e. The maximum atomic E-state index is 15.5. The van der Waals surface area contributed by atoms with E-state index >= 15 is 4.39 Å². The van der Waals surface area contributed by atoms with Crippen LogP contribution < -0.4 is 5.32 Å². The van der Waals surface area contributed by atoms with Crippen molar-refractivity contribution in [2.24, 2.45) is 7.05 Å². The number of aryl methyl sites for hydroxylation is 1. The lowest BCUT2D eigenvalue weighted by Gasteiger charge is -2.37. The number of anilines is 2. The number of halogens is 1. The molecule has 0 spiro atoms. The van der Waals surface area contributed by atoms with Crippen molar-refractivity contribution in [1.82, 2.24) is 39.8 Å². The van der Waals surface area contributed by atoms with E-state index in [1.807, 2.05) is 11.8 Å². The van der Waals surface area contributed by atoms with E-state index in [9.17, 15) is 4.79 Å². The van der Waals surface area contributed by atoms with Crippen LogP contribution in [0.15, 0.2) is 49.1 Å². The minimum atomic E-state index is -0.464. The minimum Gasteiger partial charge on any atom is -0.340 e. The van der Waals surface area contributed by atoms with Crippen LogP contribution in [0.3, 0.4) is 0 Å². The predicted molar refractivity (Wildman–Crippen MR) is 132 cm³/mol. The highest BCUT2D eigenvalue weighted by atomic mass is 19.1. The van der Waals surface area contributed by atoms with Gasteiger partial charge in [0, 0.05) is 56.5 Å². The number of hydrogen-bond donors (Lipinski definition) is 1. The molecule has 0 aliphatic carbocycles. The van der Waals surface area contributed by atoms with Crippen LogP contribution >= 0.6 is 0 Å². The summed E-state index contributed by atoms with van der Waals surface area (Å²) < 4.78 is 17.0. The lowest BCUT2D eigenvalue weighted by molar-refractivity contribution is -0.132. The Morgan fingerprint density at radius 3 is 2.72 bits per heavy atom. The maximum absolute atomic E-state index is 15.5. The molecule has 2 atom stereocenters. The standard InChI is InChI=1S/C25H26FN9O/c1-15-7-8-17(13-35(15)16(2)36)25-30-20(21-12-27-9-10-28-21)11-23(31-25)29-19-6-4-5-18(24(19)26)22-14-34(3)33-32-22/h4-6,9-12,14-15,17H,7-8,13H2,1-3H3,(H,29,30,31)/t15-,17+/m0/s1. The Morgan fingerprint density at radius 1 is 1.14 bits per heavy atom. The number of carbonyl (C=O) groups excluding carboxylic acids is 1. The van der Waals surface area contributed by atoms with Crippen LogP contribution in [0.5, 0.6) is 0 Å². The molecular formula is C25H26FN9O. The molecule has 1 fully saturated rings. The number of aromatic nitrogens is 7. The van der Waals surface area contributed by atoms with Crippen molar-refractivity contribution < 1.29 is 9.18 Å². The molecule has 4 heterocycles. The van der Waals surface area contributed by atoms with E-state index in [0.717, 1.165) is 12.8 Å². The van der Waals surface area contributed by atoms with Gasteiger partial charge in [0.25, 0.3) is 0 Å². The van der Waals surface area contributed by atoms with Gasteiger partial charge in [-0.1, -0.05) is 11.3 Å². The van der Waals surface area contributed by atoms with E-state index in [1.165, 1.54) is 4.68 Å². The van der Waals surface area contributed by atoms with Crippen molar-refractivity contribution in [1.29, 1.82) is 0 Å². The number of piperidine rings is 1. The van der Waals surface area contributed by atoms with Crippen LogP contribution in [-0.4, -0.2) is 58.3 Å². The smallest absolute Gasteiger partial charge is 0.219 e. The van der Waals surface area contributed by atoms with Crippen LogP contribution in [0.4, 0.5) is 15.9 Å². The topological polar surface area (TPSA) is 115 Å². The first kappa shape index (κ1) is 23.5. The Balaban J connectivity index is 1.53. The van der Waals surface area contributed by atoms with Gasteiger partial charge in [0.2, 0.25) is 5.91 Å². The minimum absolute atomic E-state index is 0.0264. The number of amides is 1. The lowest BCUT2D eigenvalue weighted by Crippen LogP contribution is -2.44. The number of nitrogens with zero attached hydrogens (tertiary/aromatic N) is 8. The van der Waals surface area contributed by atoms with Gasteiger partial charge in [-0.3, -0.25) is 19.4 Å². The number of likely N-dealkylation sites (tertiary alicyclic amines) is 1. The first-order valence-electron chi connectivity index (χ1n) is 11.7. The molecule has 1 amide bonds. The number of benzene rings is 1. The summed E-state index contributed by atoms with van der Waals surface area (Å²) in [5.74, 6) is 0.498. The van der Waals surface area contributed by atoms with Crippen LogP contribution in [0.25, 0.3) is 22.6 Å². The van der Waals surface area contributed by atoms with E-state index < -0.39 is 5.82 Å². The lowest BCUT2D eigenvalue weighted by atomic mass is 9.92. The molecule has 0 unspecified atom stereocenters. The molecular weight excluding hydrogens is 461 g/mol. The molecule has 11 heteroatoms. The maximum Gasteiger partial charge on any atom is 0.219 e. The summed E-state index contributed by atoms with van der Waals surface area (Å²) >= 11 is 0. The van der Waals surface area contributed by atoms with Crippen molar-refractivity contribution in [3.63, 3.8) is 0 Å². The van der Waals surface area contributed by atoms with Gasteiger partial charge in [-0.05, 0) is 31.9 Å². The predicted octanol–water partition coefficient (Wildman–Crippen LogP) is 3.73. The fourth-order valence-electron chi connectivity index (χ4n) is 4.47. The molecule has 1 aliphatic heterocycles. The summed E-state index contributed by atoms with van der Waals surface area (Å²) in [4.78, 5) is 32.1. The van der Waals surface area contributed by atoms with Crippen LogP contribution in [-0.2, 0) is 11.8 Å². The zero-order valence-electron chi connectivity index (χ0n) is 20.3. The second-order valence-corrected chi connectivity index (χ2v) is 8.95. The van der Waals surface area contributed by atoms with Gasteiger partial charge in [0.1, 0.15) is 23.0 Å². The molecule has 184 valence electrons. The quantitative estimate of drug-likeness (QED) is 0.453. The zero-order chi connectivity index (χ0) is 25.2. The molecule has 4 aromatic rings. The summed E-state index contributed by atoms with van der Waals surface area (Å²) in [6.45, 7) is 4.15. The highest BCUT2D eigenvalue weighted by Gasteiger charge is 2.30. The highest BCUT2D eigenvalue weighted by Crippen LogP contribution is 2.32. The van der Waals surface area contributed by atoms with Crippen LogP contribution in [0.2, 0.25) is 0 Å². The van der Waals surface area contributed by atoms with Gasteiger partial charge in [-0.2, -0.15) is 0 Å². The first-order chi connectivity index (χ1) is 17.4. The Kier molecular flexibility index (Phi) is 6.36. The highest BCUT2D eigenvalue weighted by molar-refractivity contribution is 5.74. The number of rotatable bonds is 5. The summed E-state index contributed by atoms with van der Waals surface area (Å²) in [6.07, 6.45) is 8.14. The number of carbonyl (C=O) groups is 1. The Bertz CT molecular complexity index is 1390. The Labute approximate surface area is 207 Å². The van der Waals surface area contributed by atoms with Crippen molar-refractivity contribution in [3.05, 3.63) is 60.7 Å². The fraction of sp³-hybridized carbons (Fsp3) is 0.320. The zero-order valence-corrected chi connectivity index (χ0v) is 20.3. The molecule has 36 heavy (non-hydrogen) atoms. The van der Waals surface area contributed by atoms with Crippen molar-refractivity contribution in [2.75, 3.05) is 11.9 Å². The molecule has 0 bridgehead atoms. The molecule has 5 rings (SSSR count). The molecule has 1 N–H and O–H groups in total. The summed E-state index contributed by atoms with van der Waals surface area (Å²) in [7, 11) is 1.73. The average Bonchev–Trinajstić information content (AvgIpc) is 3.31. The van der Waals surface area contributed by atoms with Crippen molar-refractivity contribution in [3.8, 4) is 22.6 Å². The summed E-state index contributed by atoms with van der Waals surface area (Å²) in [6, 6.07) is 6.92. The van der Waals surface area contributed by atoms with Crippen molar-refractivity contribution >= 4 is 17.4 Å². The fourth-order valence-corrected chi connectivity index (χ4v) is 4.47. The molecule has 0 radical (unpaired) electrons. The Morgan fingerprint density at radius 2 is 2.00 bits per heavy atom. The van der Waals surface area contributed by atoms with E-state index in [0.29, 0.717) is 40.8 Å². The van der Waals surface area contributed by atoms with E-state index in [4.69, 9.17) is 9.97 Å². The first-order valence-corrected chi connectivity index (χ1v) is 11.7. The van der Waals surface area contributed by atoms with Gasteiger partial charge < -0.3 is 10.2 Å². The van der Waals surface area contributed by atoms with Crippen LogP contribution in [0.1, 0.15) is 38.4 Å². The third-order valence-corrected chi connectivity index (χ3v) is 6.36. The second-order valence-electron chi connectivity index (χ2n) is 8.95. The van der Waals surface area contributed by atoms with E-state index in [2.05, 4.69) is 25.6 Å². The molecule has 10 nitrogen and oxygen atoms in total.